The van der Waals surface area contributed by atoms with Gasteiger partial charge < -0.3 is 4.74 Å². The highest BCUT2D eigenvalue weighted by atomic mass is 16.6. The number of carbonyl (C=O) groups is 1. The molecule has 0 atom stereocenters. The van der Waals surface area contributed by atoms with Gasteiger partial charge in [0.25, 0.3) is 5.69 Å². The number of carbonyl (C=O) groups excluding carboxylic acids is 1. The summed E-state index contributed by atoms with van der Waals surface area (Å²) in [5, 5.41) is 19.5. The molecule has 6 heteroatoms. The number of esters is 1. The Morgan fingerprint density at radius 1 is 1.56 bits per heavy atom. The van der Waals surface area contributed by atoms with Gasteiger partial charge >= 0.3 is 5.97 Å². The number of rotatable bonds is 5. The van der Waals surface area contributed by atoms with Crippen molar-refractivity contribution in [2.75, 3.05) is 7.11 Å². The number of benzene rings is 1. The van der Waals surface area contributed by atoms with Crippen LogP contribution in [0.4, 0.5) is 5.69 Å². The molecular formula is C12H12N2O4. The minimum Gasteiger partial charge on any atom is -0.469 e. The second-order valence-corrected chi connectivity index (χ2v) is 3.64. The molecule has 0 spiro atoms. The van der Waals surface area contributed by atoms with Crippen molar-refractivity contribution in [3.8, 4) is 6.07 Å². The van der Waals surface area contributed by atoms with E-state index in [2.05, 4.69) is 4.74 Å². The van der Waals surface area contributed by atoms with Gasteiger partial charge in [-0.3, -0.25) is 14.9 Å². The standard InChI is InChI=1S/C12H12N2O4/c1-18-12(15)4-2-3-9-5-6-11(14(16)17)7-10(9)8-13/h5-7H,2-4H2,1H3. The van der Waals surface area contributed by atoms with Crippen LogP contribution in [0.5, 0.6) is 0 Å². The van der Waals surface area contributed by atoms with Crippen molar-refractivity contribution in [2.45, 2.75) is 19.3 Å². The van der Waals surface area contributed by atoms with Gasteiger partial charge in [-0.1, -0.05) is 6.07 Å². The van der Waals surface area contributed by atoms with Crippen molar-refractivity contribution >= 4 is 11.7 Å². The van der Waals surface area contributed by atoms with Crippen molar-refractivity contribution in [1.29, 1.82) is 5.26 Å². The van der Waals surface area contributed by atoms with Crippen molar-refractivity contribution in [2.24, 2.45) is 0 Å². The number of nitro groups is 1. The molecule has 0 heterocycles. The van der Waals surface area contributed by atoms with E-state index in [4.69, 9.17) is 5.26 Å². The molecule has 18 heavy (non-hydrogen) atoms. The SMILES string of the molecule is COC(=O)CCCc1ccc([N+](=O)[O-])cc1C#N. The molecule has 0 aliphatic carbocycles. The Morgan fingerprint density at radius 2 is 2.28 bits per heavy atom. The topological polar surface area (TPSA) is 93.2 Å². The lowest BCUT2D eigenvalue weighted by atomic mass is 10.0. The number of hydrogen-bond donors (Lipinski definition) is 0. The Kier molecular flexibility index (Phi) is 4.81. The van der Waals surface area contributed by atoms with Gasteiger partial charge in [0.15, 0.2) is 0 Å². The molecule has 6 nitrogen and oxygen atoms in total. The Hall–Kier alpha value is -2.42. The van der Waals surface area contributed by atoms with Crippen LogP contribution in [0.2, 0.25) is 0 Å². The zero-order valence-electron chi connectivity index (χ0n) is 9.88. The summed E-state index contributed by atoms with van der Waals surface area (Å²) in [5.74, 6) is -0.310. The number of nitrogens with zero attached hydrogens (tertiary/aromatic N) is 2. The molecule has 0 aliphatic heterocycles. The lowest BCUT2D eigenvalue weighted by Crippen LogP contribution is -2.01. The normalized spacial score (nSPS) is 9.56. The molecule has 0 saturated heterocycles. The molecule has 94 valence electrons. The average molecular weight is 248 g/mol. The Morgan fingerprint density at radius 3 is 2.83 bits per heavy atom. The first-order valence-corrected chi connectivity index (χ1v) is 5.32. The highest BCUT2D eigenvalue weighted by Crippen LogP contribution is 2.19. The van der Waals surface area contributed by atoms with Gasteiger partial charge in [-0.15, -0.1) is 0 Å². The minimum atomic E-state index is -0.543. The van der Waals surface area contributed by atoms with E-state index in [1.807, 2.05) is 6.07 Å². The summed E-state index contributed by atoms with van der Waals surface area (Å²) in [6.07, 6.45) is 1.31. The van der Waals surface area contributed by atoms with Crippen molar-refractivity contribution in [3.63, 3.8) is 0 Å². The van der Waals surface area contributed by atoms with Crippen LogP contribution in [-0.4, -0.2) is 18.0 Å². The fourth-order valence-electron chi connectivity index (χ4n) is 1.53. The van der Waals surface area contributed by atoms with Crippen LogP contribution in [0, 0.1) is 21.4 Å². The Bertz CT molecular complexity index is 505. The third kappa shape index (κ3) is 3.56. The number of ether oxygens (including phenoxy) is 1. The van der Waals surface area contributed by atoms with Crippen LogP contribution in [0.3, 0.4) is 0 Å². The van der Waals surface area contributed by atoms with Crippen LogP contribution in [-0.2, 0) is 16.0 Å². The Balaban J connectivity index is 2.75. The monoisotopic (exact) mass is 248 g/mol. The van der Waals surface area contributed by atoms with Gasteiger partial charge in [0.1, 0.15) is 0 Å². The molecule has 1 rings (SSSR count). The predicted molar refractivity (Wildman–Crippen MR) is 62.8 cm³/mol. The molecule has 1 aromatic carbocycles. The summed E-state index contributed by atoms with van der Waals surface area (Å²) < 4.78 is 4.50. The van der Waals surface area contributed by atoms with Crippen LogP contribution < -0.4 is 0 Å². The summed E-state index contributed by atoms with van der Waals surface area (Å²) in [7, 11) is 1.31. The number of nitro benzene ring substituents is 1. The third-order valence-corrected chi connectivity index (χ3v) is 2.48. The number of hydrogen-bond acceptors (Lipinski definition) is 5. The maximum Gasteiger partial charge on any atom is 0.305 e. The van der Waals surface area contributed by atoms with Crippen LogP contribution >= 0.6 is 0 Å². The zero-order chi connectivity index (χ0) is 13.5. The van der Waals surface area contributed by atoms with Gasteiger partial charge in [0, 0.05) is 18.6 Å². The first-order chi connectivity index (χ1) is 8.58. The van der Waals surface area contributed by atoms with Crippen LogP contribution in [0.1, 0.15) is 24.0 Å². The van der Waals surface area contributed by atoms with E-state index in [9.17, 15) is 14.9 Å². The van der Waals surface area contributed by atoms with E-state index in [1.165, 1.54) is 19.2 Å². The third-order valence-electron chi connectivity index (χ3n) is 2.48. The van der Waals surface area contributed by atoms with Crippen LogP contribution in [0.25, 0.3) is 0 Å². The number of nitriles is 1. The second-order valence-electron chi connectivity index (χ2n) is 3.64. The largest absolute Gasteiger partial charge is 0.469 e. The van der Waals surface area contributed by atoms with Crippen LogP contribution in [0.15, 0.2) is 18.2 Å². The molecule has 1 aromatic rings. The lowest BCUT2D eigenvalue weighted by Gasteiger charge is -2.03. The second kappa shape index (κ2) is 6.35. The highest BCUT2D eigenvalue weighted by Gasteiger charge is 2.11. The molecule has 0 amide bonds. The molecule has 0 N–H and O–H groups in total. The molecular weight excluding hydrogens is 236 g/mol. The predicted octanol–water partition coefficient (Wildman–Crippen LogP) is 1.96. The fraction of sp³-hybridized carbons (Fsp3) is 0.333. The Labute approximate surface area is 104 Å². The number of aryl methyl sites for hydroxylation is 1. The maximum absolute atomic E-state index is 10.9. The summed E-state index contributed by atoms with van der Waals surface area (Å²) in [4.78, 5) is 20.9. The van der Waals surface area contributed by atoms with Crippen molar-refractivity contribution in [3.05, 3.63) is 39.4 Å². The molecule has 0 bridgehead atoms. The minimum absolute atomic E-state index is 0.108. The molecule has 0 fully saturated rings. The molecule has 0 unspecified atom stereocenters. The van der Waals surface area contributed by atoms with E-state index in [-0.39, 0.29) is 23.6 Å². The van der Waals surface area contributed by atoms with E-state index in [1.54, 1.807) is 6.07 Å². The molecule has 0 saturated carbocycles. The van der Waals surface area contributed by atoms with Gasteiger partial charge in [0.05, 0.1) is 23.7 Å². The molecule has 0 aliphatic rings. The molecule has 0 radical (unpaired) electrons. The van der Waals surface area contributed by atoms with E-state index in [0.29, 0.717) is 18.4 Å². The summed E-state index contributed by atoms with van der Waals surface area (Å²) in [6.45, 7) is 0. The van der Waals surface area contributed by atoms with E-state index in [0.717, 1.165) is 0 Å². The summed E-state index contributed by atoms with van der Waals surface area (Å²) >= 11 is 0. The first kappa shape index (κ1) is 13.6. The van der Waals surface area contributed by atoms with Crippen molar-refractivity contribution in [1.82, 2.24) is 0 Å². The summed E-state index contributed by atoms with van der Waals surface area (Å²) in [5.41, 5.74) is 0.865. The maximum atomic E-state index is 10.9. The first-order valence-electron chi connectivity index (χ1n) is 5.32. The van der Waals surface area contributed by atoms with Gasteiger partial charge in [-0.05, 0) is 18.4 Å². The van der Waals surface area contributed by atoms with Gasteiger partial charge in [0.2, 0.25) is 0 Å². The van der Waals surface area contributed by atoms with Gasteiger partial charge in [-0.25, -0.2) is 0 Å². The van der Waals surface area contributed by atoms with E-state index >= 15 is 0 Å². The molecule has 0 aromatic heterocycles. The smallest absolute Gasteiger partial charge is 0.305 e. The van der Waals surface area contributed by atoms with E-state index < -0.39 is 4.92 Å². The lowest BCUT2D eigenvalue weighted by molar-refractivity contribution is -0.384. The van der Waals surface area contributed by atoms with Crippen molar-refractivity contribution < 1.29 is 14.5 Å². The quantitative estimate of drug-likeness (QED) is 0.451. The number of methoxy groups -OCH3 is 1. The highest BCUT2D eigenvalue weighted by molar-refractivity contribution is 5.69. The summed E-state index contributed by atoms with van der Waals surface area (Å²) in [6, 6.07) is 6.07. The fourth-order valence-corrected chi connectivity index (χ4v) is 1.53. The average Bonchev–Trinajstić information content (AvgIpc) is 2.38. The number of non-ortho nitro benzene ring substituents is 1. The zero-order valence-corrected chi connectivity index (χ0v) is 9.88. The van der Waals surface area contributed by atoms with Gasteiger partial charge in [-0.2, -0.15) is 5.26 Å².